The Morgan fingerprint density at radius 1 is 1.07 bits per heavy atom. The van der Waals surface area contributed by atoms with Gasteiger partial charge in [0.1, 0.15) is 6.61 Å². The second-order valence-electron chi connectivity index (χ2n) is 8.89. The lowest BCUT2D eigenvalue weighted by Crippen LogP contribution is -2.33. The van der Waals surface area contributed by atoms with Gasteiger partial charge in [-0.2, -0.15) is 0 Å². The molecule has 0 aliphatic carbocycles. The summed E-state index contributed by atoms with van der Waals surface area (Å²) in [4.78, 5) is 36.6. The summed E-state index contributed by atoms with van der Waals surface area (Å²) in [5, 5.41) is 23.5. The molecular weight excluding hydrogens is 642 g/mol. The Hall–Kier alpha value is -2.22. The van der Waals surface area contributed by atoms with E-state index in [1.165, 1.54) is 25.3 Å². The fourth-order valence-corrected chi connectivity index (χ4v) is 5.70. The van der Waals surface area contributed by atoms with E-state index in [4.69, 9.17) is 49.0 Å². The van der Waals surface area contributed by atoms with E-state index >= 15 is 0 Å². The summed E-state index contributed by atoms with van der Waals surface area (Å²) >= 11 is 15.8. The van der Waals surface area contributed by atoms with Crippen LogP contribution in [0.4, 0.5) is 5.69 Å². The SMILES string of the molecule is COCCOC(=O)C1=C(C)NC(C)=C(C(=O)OC(C)C)C1c1cccc([N+](=O)[O-])c1.COP(=O)(OC)C(O)C(Cl)(Cl)Cl. The highest BCUT2D eigenvalue weighted by Crippen LogP contribution is 2.57. The minimum atomic E-state index is -3.73. The van der Waals surface area contributed by atoms with E-state index in [0.29, 0.717) is 17.0 Å². The van der Waals surface area contributed by atoms with Crippen LogP contribution in [-0.2, 0) is 37.4 Å². The van der Waals surface area contributed by atoms with Crippen molar-refractivity contribution < 1.29 is 47.4 Å². The Kier molecular flexibility index (Phi) is 14.9. The molecule has 0 amide bonds. The number of halogens is 3. The molecule has 2 atom stereocenters. The Labute approximate surface area is 258 Å². The van der Waals surface area contributed by atoms with Gasteiger partial charge in [0, 0.05) is 44.9 Å². The second-order valence-corrected chi connectivity index (χ2v) is 13.6. The number of nitro benzene ring substituents is 1. The molecular formula is C25H34Cl3N2O11P. The molecule has 13 nitrogen and oxygen atoms in total. The Balaban J connectivity index is 0.000000619. The van der Waals surface area contributed by atoms with Crippen LogP contribution in [0.15, 0.2) is 46.8 Å². The smallest absolute Gasteiger partial charge is 0.362 e. The molecule has 236 valence electrons. The number of esters is 2. The largest absolute Gasteiger partial charge is 0.460 e. The number of hydrogen-bond acceptors (Lipinski definition) is 12. The number of alkyl halides is 3. The van der Waals surface area contributed by atoms with Gasteiger partial charge in [-0.05, 0) is 33.3 Å². The van der Waals surface area contributed by atoms with Gasteiger partial charge in [-0.3, -0.25) is 14.7 Å². The van der Waals surface area contributed by atoms with E-state index in [0.717, 1.165) is 14.2 Å². The Morgan fingerprint density at radius 3 is 2.05 bits per heavy atom. The normalized spacial score (nSPS) is 16.3. The number of nitrogens with one attached hydrogen (secondary N) is 1. The number of aliphatic hydroxyl groups excluding tert-OH is 1. The van der Waals surface area contributed by atoms with Gasteiger partial charge < -0.3 is 33.7 Å². The van der Waals surface area contributed by atoms with Crippen molar-refractivity contribution in [3.05, 3.63) is 62.5 Å². The number of aliphatic hydroxyl groups is 1. The topological polar surface area (TPSA) is 173 Å². The summed E-state index contributed by atoms with van der Waals surface area (Å²) in [6, 6.07) is 5.84. The maximum atomic E-state index is 12.9. The highest BCUT2D eigenvalue weighted by Gasteiger charge is 2.46. The molecule has 0 aromatic heterocycles. The summed E-state index contributed by atoms with van der Waals surface area (Å²) in [6.07, 6.45) is -0.382. The van der Waals surface area contributed by atoms with Crippen LogP contribution in [0.25, 0.3) is 0 Å². The van der Waals surface area contributed by atoms with Gasteiger partial charge in [-0.25, -0.2) is 9.59 Å². The van der Waals surface area contributed by atoms with Crippen LogP contribution in [0.2, 0.25) is 0 Å². The summed E-state index contributed by atoms with van der Waals surface area (Å²) in [5.41, 5.74) is 1.65. The number of nitrogens with zero attached hydrogens (tertiary/aromatic N) is 1. The van der Waals surface area contributed by atoms with E-state index in [9.17, 15) is 29.4 Å². The van der Waals surface area contributed by atoms with Crippen molar-refractivity contribution in [1.82, 2.24) is 5.32 Å². The molecule has 2 rings (SSSR count). The number of carbonyl (C=O) groups excluding carboxylic acids is 2. The minimum absolute atomic E-state index is 0.0300. The van der Waals surface area contributed by atoms with Gasteiger partial charge in [0.25, 0.3) is 5.69 Å². The van der Waals surface area contributed by atoms with Gasteiger partial charge >= 0.3 is 19.5 Å². The number of dihydropyridines is 1. The van der Waals surface area contributed by atoms with E-state index < -0.39 is 40.0 Å². The first-order valence-electron chi connectivity index (χ1n) is 12.2. The van der Waals surface area contributed by atoms with Crippen molar-refractivity contribution in [2.45, 2.75) is 49.4 Å². The van der Waals surface area contributed by atoms with Gasteiger partial charge in [-0.1, -0.05) is 46.9 Å². The third-order valence-electron chi connectivity index (χ3n) is 5.58. The zero-order valence-corrected chi connectivity index (χ0v) is 27.2. The third kappa shape index (κ3) is 10.2. The van der Waals surface area contributed by atoms with Crippen molar-refractivity contribution in [3.8, 4) is 0 Å². The third-order valence-corrected chi connectivity index (χ3v) is 8.66. The lowest BCUT2D eigenvalue weighted by molar-refractivity contribution is -0.384. The quantitative estimate of drug-likeness (QED) is 0.0792. The number of hydrogen-bond donors (Lipinski definition) is 2. The minimum Gasteiger partial charge on any atom is -0.460 e. The molecule has 1 aliphatic rings. The highest BCUT2D eigenvalue weighted by molar-refractivity contribution is 7.54. The first-order chi connectivity index (χ1) is 19.4. The summed E-state index contributed by atoms with van der Waals surface area (Å²) in [7, 11) is -0.0749. The predicted molar refractivity (Wildman–Crippen MR) is 156 cm³/mol. The van der Waals surface area contributed by atoms with Crippen LogP contribution < -0.4 is 5.32 Å². The van der Waals surface area contributed by atoms with Crippen molar-refractivity contribution in [3.63, 3.8) is 0 Å². The number of non-ortho nitro benzene ring substituents is 1. The van der Waals surface area contributed by atoms with E-state index in [-0.39, 0.29) is 36.2 Å². The van der Waals surface area contributed by atoms with E-state index in [1.807, 2.05) is 0 Å². The molecule has 0 bridgehead atoms. The number of ether oxygens (including phenoxy) is 3. The maximum Gasteiger partial charge on any atom is 0.362 e. The molecule has 0 spiro atoms. The fraction of sp³-hybridized carbons (Fsp3) is 0.520. The van der Waals surface area contributed by atoms with Crippen molar-refractivity contribution in [2.24, 2.45) is 0 Å². The van der Waals surface area contributed by atoms with Crippen LogP contribution in [0.5, 0.6) is 0 Å². The van der Waals surface area contributed by atoms with Gasteiger partial charge in [0.15, 0.2) is 0 Å². The summed E-state index contributed by atoms with van der Waals surface area (Å²) < 4.78 is 33.7. The molecule has 1 aromatic carbocycles. The lowest BCUT2D eigenvalue weighted by atomic mass is 9.80. The number of nitro groups is 1. The maximum absolute atomic E-state index is 12.9. The Morgan fingerprint density at radius 2 is 1.62 bits per heavy atom. The molecule has 0 saturated carbocycles. The van der Waals surface area contributed by atoms with Crippen LogP contribution >= 0.6 is 42.4 Å². The van der Waals surface area contributed by atoms with Crippen LogP contribution in [-0.4, -0.2) is 72.3 Å². The Bertz CT molecular complexity index is 1240. The molecule has 2 unspecified atom stereocenters. The predicted octanol–water partition coefficient (Wildman–Crippen LogP) is 5.13. The molecule has 1 aliphatic heterocycles. The number of carbonyl (C=O) groups is 2. The number of rotatable bonds is 11. The summed E-state index contributed by atoms with van der Waals surface area (Å²) in [6.45, 7) is 7.05. The van der Waals surface area contributed by atoms with Crippen molar-refractivity contribution >= 4 is 60.0 Å². The lowest BCUT2D eigenvalue weighted by Gasteiger charge is -2.30. The van der Waals surface area contributed by atoms with Crippen LogP contribution in [0.1, 0.15) is 39.2 Å². The van der Waals surface area contributed by atoms with Crippen molar-refractivity contribution in [1.29, 1.82) is 0 Å². The molecule has 0 radical (unpaired) electrons. The first kappa shape index (κ1) is 37.8. The van der Waals surface area contributed by atoms with Gasteiger partial charge in [0.05, 0.1) is 34.7 Å². The van der Waals surface area contributed by atoms with Crippen molar-refractivity contribution in [2.75, 3.05) is 34.5 Å². The standard InChI is InChI=1S/C21H26N2O7.C4H8Cl3O4P/c1-12(2)30-21(25)18-14(4)22-13(3)17(20(24)29-10-9-28-5)19(18)15-7-6-8-16(11-15)23(26)27;1-10-12(9,11-2)3(8)4(5,6)7/h6-8,11-12,19,22H,9-10H2,1-5H3;3,8H,1-2H3. The van der Waals surface area contributed by atoms with Gasteiger partial charge in [0.2, 0.25) is 9.64 Å². The molecule has 42 heavy (non-hydrogen) atoms. The molecule has 17 heteroatoms. The van der Waals surface area contributed by atoms with Crippen LogP contribution in [0.3, 0.4) is 0 Å². The fourth-order valence-electron chi connectivity index (χ4n) is 3.71. The monoisotopic (exact) mass is 674 g/mol. The number of allylic oxidation sites excluding steroid dienone is 2. The second kappa shape index (κ2) is 16.6. The van der Waals surface area contributed by atoms with Crippen LogP contribution in [0, 0.1) is 10.1 Å². The average molecular weight is 676 g/mol. The van der Waals surface area contributed by atoms with E-state index in [1.54, 1.807) is 33.8 Å². The average Bonchev–Trinajstić information content (AvgIpc) is 2.91. The van der Waals surface area contributed by atoms with Gasteiger partial charge in [-0.15, -0.1) is 0 Å². The molecule has 0 saturated heterocycles. The molecule has 1 heterocycles. The first-order valence-corrected chi connectivity index (χ1v) is 15.0. The number of benzene rings is 1. The molecule has 1 aromatic rings. The molecule has 0 fully saturated rings. The highest BCUT2D eigenvalue weighted by atomic mass is 35.6. The zero-order valence-electron chi connectivity index (χ0n) is 24.0. The number of methoxy groups -OCH3 is 1. The molecule has 2 N–H and O–H groups in total. The van der Waals surface area contributed by atoms with E-state index in [2.05, 4.69) is 14.4 Å². The summed E-state index contributed by atoms with van der Waals surface area (Å²) in [5.74, 6) is -3.94. The zero-order chi connectivity index (χ0) is 32.4.